The molecule has 2 aliphatic heterocycles. The molecule has 2 fully saturated rings. The molecule has 3 heterocycles. The van der Waals surface area contributed by atoms with Crippen molar-refractivity contribution >= 4 is 28.8 Å². The summed E-state index contributed by atoms with van der Waals surface area (Å²) in [5.74, 6) is -0.149. The molecule has 0 aliphatic carbocycles. The molecule has 2 aliphatic rings. The summed E-state index contributed by atoms with van der Waals surface area (Å²) < 4.78 is 0. The number of nitrogens with zero attached hydrogens (tertiary/aromatic N) is 1. The highest BCUT2D eigenvalue weighted by atomic mass is 16.2. The van der Waals surface area contributed by atoms with Gasteiger partial charge in [0.2, 0.25) is 5.91 Å². The fourth-order valence-electron chi connectivity index (χ4n) is 3.80. The maximum atomic E-state index is 12.8. The molecule has 1 atom stereocenters. The van der Waals surface area contributed by atoms with Gasteiger partial charge in [0.1, 0.15) is 11.7 Å². The highest BCUT2D eigenvalue weighted by molar-refractivity contribution is 6.09. The van der Waals surface area contributed by atoms with Crippen LogP contribution in [0.25, 0.3) is 17.0 Å². The molecule has 1 aromatic carbocycles. The van der Waals surface area contributed by atoms with Crippen LogP contribution in [-0.2, 0) is 16.0 Å². The van der Waals surface area contributed by atoms with Crippen LogP contribution in [0.4, 0.5) is 0 Å². The van der Waals surface area contributed by atoms with Gasteiger partial charge in [0.05, 0.1) is 0 Å². The van der Waals surface area contributed by atoms with E-state index in [-0.39, 0.29) is 17.9 Å². The van der Waals surface area contributed by atoms with Crippen LogP contribution in [0.15, 0.2) is 41.6 Å². The van der Waals surface area contributed by atoms with Crippen molar-refractivity contribution in [2.45, 2.75) is 39.2 Å². The van der Waals surface area contributed by atoms with Gasteiger partial charge in [0, 0.05) is 35.1 Å². The highest BCUT2D eigenvalue weighted by Crippen LogP contribution is 2.28. The molecule has 4 rings (SSSR count). The van der Waals surface area contributed by atoms with Crippen LogP contribution < -0.4 is 5.32 Å². The molecule has 2 aromatic rings. The number of piperazine rings is 1. The number of allylic oxidation sites excluding steroid dienone is 2. The maximum Gasteiger partial charge on any atom is 0.271 e. The van der Waals surface area contributed by atoms with Crippen molar-refractivity contribution in [2.24, 2.45) is 0 Å². The maximum absolute atomic E-state index is 12.8. The number of benzene rings is 1. The normalized spacial score (nSPS) is 21.2. The van der Waals surface area contributed by atoms with Crippen LogP contribution in [0.3, 0.4) is 0 Å². The average Bonchev–Trinajstić information content (AvgIpc) is 3.23. The Labute approximate surface area is 152 Å². The number of hydrogen-bond donors (Lipinski definition) is 2. The Morgan fingerprint density at radius 3 is 2.88 bits per heavy atom. The fourth-order valence-corrected chi connectivity index (χ4v) is 3.80. The van der Waals surface area contributed by atoms with Gasteiger partial charge in [-0.3, -0.25) is 9.59 Å². The Morgan fingerprint density at radius 2 is 2.08 bits per heavy atom. The van der Waals surface area contributed by atoms with Crippen molar-refractivity contribution in [3.63, 3.8) is 0 Å². The average molecular weight is 349 g/mol. The largest absolute Gasteiger partial charge is 0.358 e. The molecule has 5 nitrogen and oxygen atoms in total. The van der Waals surface area contributed by atoms with E-state index in [1.54, 1.807) is 4.90 Å². The lowest BCUT2D eigenvalue weighted by atomic mass is 10.0. The third-order valence-corrected chi connectivity index (χ3v) is 5.14. The van der Waals surface area contributed by atoms with E-state index < -0.39 is 0 Å². The Hall–Kier alpha value is -2.82. The molecule has 2 N–H and O–H groups in total. The Balaban J connectivity index is 1.79. The summed E-state index contributed by atoms with van der Waals surface area (Å²) in [6.07, 6.45) is 6.39. The molecule has 0 unspecified atom stereocenters. The molecule has 1 aromatic heterocycles. The molecular formula is C21H23N3O2. The topological polar surface area (TPSA) is 65.2 Å². The van der Waals surface area contributed by atoms with Gasteiger partial charge in [-0.15, -0.1) is 0 Å². The summed E-state index contributed by atoms with van der Waals surface area (Å²) in [5, 5.41) is 3.89. The monoisotopic (exact) mass is 349 g/mol. The van der Waals surface area contributed by atoms with Crippen molar-refractivity contribution in [3.05, 3.63) is 52.9 Å². The number of aromatic amines is 1. The zero-order valence-electron chi connectivity index (χ0n) is 15.1. The van der Waals surface area contributed by atoms with Gasteiger partial charge < -0.3 is 15.2 Å². The SMILES string of the molecule is CC(C)=CCc1[nH]c2ccccc2c1/C=C1\NC(=O)[C@H]2CCCN2C1=O. The Bertz CT molecular complexity index is 947. The van der Waals surface area contributed by atoms with E-state index in [1.807, 2.05) is 30.3 Å². The Kier molecular flexibility index (Phi) is 4.15. The van der Waals surface area contributed by atoms with Crippen LogP contribution in [-0.4, -0.2) is 34.3 Å². The molecular weight excluding hydrogens is 326 g/mol. The van der Waals surface area contributed by atoms with Crippen LogP contribution in [0, 0.1) is 0 Å². The predicted octanol–water partition coefficient (Wildman–Crippen LogP) is 3.14. The predicted molar refractivity (Wildman–Crippen MR) is 102 cm³/mol. The number of hydrogen-bond acceptors (Lipinski definition) is 2. The number of nitrogens with one attached hydrogen (secondary N) is 2. The van der Waals surface area contributed by atoms with E-state index in [0.29, 0.717) is 12.2 Å². The summed E-state index contributed by atoms with van der Waals surface area (Å²) >= 11 is 0. The van der Waals surface area contributed by atoms with E-state index in [9.17, 15) is 9.59 Å². The van der Waals surface area contributed by atoms with Crippen molar-refractivity contribution in [3.8, 4) is 0 Å². The first kappa shape index (κ1) is 16.6. The number of carbonyl (C=O) groups is 2. The van der Waals surface area contributed by atoms with Crippen LogP contribution in [0.2, 0.25) is 0 Å². The van der Waals surface area contributed by atoms with Gasteiger partial charge in [-0.05, 0) is 38.8 Å². The van der Waals surface area contributed by atoms with Crippen molar-refractivity contribution < 1.29 is 9.59 Å². The first-order valence-electron chi connectivity index (χ1n) is 9.11. The minimum absolute atomic E-state index is 0.0703. The van der Waals surface area contributed by atoms with Gasteiger partial charge >= 0.3 is 0 Å². The van der Waals surface area contributed by atoms with E-state index >= 15 is 0 Å². The van der Waals surface area contributed by atoms with Gasteiger partial charge in [-0.2, -0.15) is 0 Å². The first-order valence-corrected chi connectivity index (χ1v) is 9.11. The summed E-state index contributed by atoms with van der Waals surface area (Å²) in [4.78, 5) is 30.3. The fraction of sp³-hybridized carbons (Fsp3) is 0.333. The summed E-state index contributed by atoms with van der Waals surface area (Å²) in [5.41, 5.74) is 4.66. The second-order valence-corrected chi connectivity index (χ2v) is 7.25. The lowest BCUT2D eigenvalue weighted by molar-refractivity contribution is -0.140. The zero-order valence-corrected chi connectivity index (χ0v) is 15.1. The van der Waals surface area contributed by atoms with Gasteiger partial charge in [-0.1, -0.05) is 29.8 Å². The third-order valence-electron chi connectivity index (χ3n) is 5.14. The molecule has 0 radical (unpaired) electrons. The molecule has 0 spiro atoms. The number of carbonyl (C=O) groups excluding carboxylic acids is 2. The summed E-state index contributed by atoms with van der Waals surface area (Å²) in [7, 11) is 0. The molecule has 26 heavy (non-hydrogen) atoms. The van der Waals surface area contributed by atoms with E-state index in [0.717, 1.165) is 41.4 Å². The van der Waals surface area contributed by atoms with Gasteiger partial charge in [0.15, 0.2) is 0 Å². The first-order chi connectivity index (χ1) is 12.5. The number of aromatic nitrogens is 1. The van der Waals surface area contributed by atoms with Crippen LogP contribution in [0.5, 0.6) is 0 Å². The molecule has 0 saturated carbocycles. The lowest BCUT2D eigenvalue weighted by Gasteiger charge is -2.30. The second-order valence-electron chi connectivity index (χ2n) is 7.25. The third kappa shape index (κ3) is 2.83. The molecule has 2 amide bonds. The van der Waals surface area contributed by atoms with Crippen molar-refractivity contribution in [2.75, 3.05) is 6.54 Å². The van der Waals surface area contributed by atoms with Gasteiger partial charge in [0.25, 0.3) is 5.91 Å². The smallest absolute Gasteiger partial charge is 0.271 e. The second kappa shape index (κ2) is 6.48. The number of para-hydroxylation sites is 1. The molecule has 2 saturated heterocycles. The summed E-state index contributed by atoms with van der Waals surface area (Å²) in [6, 6.07) is 7.75. The van der Waals surface area contributed by atoms with E-state index in [1.165, 1.54) is 5.57 Å². The van der Waals surface area contributed by atoms with Crippen molar-refractivity contribution in [1.29, 1.82) is 0 Å². The summed E-state index contributed by atoms with van der Waals surface area (Å²) in [6.45, 7) is 4.80. The molecule has 5 heteroatoms. The lowest BCUT2D eigenvalue weighted by Crippen LogP contribution is -2.53. The van der Waals surface area contributed by atoms with E-state index in [4.69, 9.17) is 0 Å². The number of amides is 2. The van der Waals surface area contributed by atoms with Crippen LogP contribution in [0.1, 0.15) is 37.9 Å². The minimum Gasteiger partial charge on any atom is -0.358 e. The molecule has 0 bridgehead atoms. The quantitative estimate of drug-likeness (QED) is 0.660. The van der Waals surface area contributed by atoms with Gasteiger partial charge in [-0.25, -0.2) is 0 Å². The van der Waals surface area contributed by atoms with E-state index in [2.05, 4.69) is 30.2 Å². The molecule has 134 valence electrons. The highest BCUT2D eigenvalue weighted by Gasteiger charge is 2.40. The number of H-pyrrole nitrogens is 1. The van der Waals surface area contributed by atoms with Crippen LogP contribution >= 0.6 is 0 Å². The zero-order chi connectivity index (χ0) is 18.3. The standard InChI is InChI=1S/C21H23N3O2/c1-13(2)9-10-17-15(14-6-3-4-7-16(14)22-17)12-18-21(26)24-11-5-8-19(24)20(25)23-18/h3-4,6-7,9,12,19,22H,5,8,10-11H2,1-2H3,(H,23,25)/b18-12-/t19-/m1/s1. The van der Waals surface area contributed by atoms with Crippen molar-refractivity contribution in [1.82, 2.24) is 15.2 Å². The Morgan fingerprint density at radius 1 is 1.27 bits per heavy atom. The number of rotatable bonds is 3. The minimum atomic E-state index is -0.298. The number of fused-ring (bicyclic) bond motifs is 2.